The molecule has 13 nitrogen and oxygen atoms in total. The fourth-order valence-electron chi connectivity index (χ4n) is 6.53. The lowest BCUT2D eigenvalue weighted by Crippen LogP contribution is -2.57. The van der Waals surface area contributed by atoms with Crippen molar-refractivity contribution in [1.82, 2.24) is 10.2 Å². The Labute approximate surface area is 228 Å². The van der Waals surface area contributed by atoms with Crippen molar-refractivity contribution in [3.63, 3.8) is 0 Å². The van der Waals surface area contributed by atoms with E-state index in [-0.39, 0.29) is 43.8 Å². The molecule has 5 aliphatic rings. The summed E-state index contributed by atoms with van der Waals surface area (Å²) in [4.78, 5) is 69.6. The molecule has 0 saturated heterocycles. The lowest BCUT2D eigenvalue weighted by molar-refractivity contribution is -0.141. The molecule has 13 heteroatoms. The summed E-state index contributed by atoms with van der Waals surface area (Å²) in [5.41, 5.74) is 2.95. The van der Waals surface area contributed by atoms with Crippen molar-refractivity contribution in [2.75, 3.05) is 27.2 Å². The maximum absolute atomic E-state index is 14.1. The molecule has 4 aliphatic carbocycles. The van der Waals surface area contributed by atoms with Crippen LogP contribution in [0.4, 0.5) is 0 Å². The van der Waals surface area contributed by atoms with Gasteiger partial charge in [-0.15, -0.1) is 4.91 Å². The average molecular weight is 552 g/mol. The Morgan fingerprint density at radius 3 is 2.60 bits per heavy atom. The summed E-state index contributed by atoms with van der Waals surface area (Å²) in [7, 11) is 3.54. The molecule has 210 valence electrons. The van der Waals surface area contributed by atoms with E-state index < -0.39 is 64.0 Å². The average Bonchev–Trinajstić information content (AvgIpc) is 3.43. The quantitative estimate of drug-likeness (QED) is 0.212. The highest BCUT2D eigenvalue weighted by atomic mass is 16.3. The minimum Gasteiger partial charge on any atom is -0.511 e. The maximum Gasteiger partial charge on any atom is 0.255 e. The first-order chi connectivity index (χ1) is 18.9. The SMILES string of the molecule is CN(C)C1=C2C[C@H]3C[C@H]4CC(O)=C(C(N)=O)C(=O)[C@@]4(O)C(N=O)=C3C(=O)C2C(O)C(CNC(=O)C2=CC=NC2)=C1. The number of primary amides is 1. The van der Waals surface area contributed by atoms with E-state index in [1.54, 1.807) is 31.1 Å². The normalized spacial score (nSPS) is 31.3. The number of fused-ring (bicyclic) bond motifs is 3. The molecule has 0 aromatic heterocycles. The number of nitrogens with zero attached hydrogens (tertiary/aromatic N) is 3. The molecular weight excluding hydrogens is 522 g/mol. The molecule has 0 bridgehead atoms. The van der Waals surface area contributed by atoms with E-state index in [0.29, 0.717) is 22.4 Å². The predicted octanol–water partition coefficient (Wildman–Crippen LogP) is -0.523. The zero-order valence-electron chi connectivity index (χ0n) is 21.9. The monoisotopic (exact) mass is 551 g/mol. The van der Waals surface area contributed by atoms with Crippen LogP contribution >= 0.6 is 0 Å². The summed E-state index contributed by atoms with van der Waals surface area (Å²) in [6, 6.07) is 0. The van der Waals surface area contributed by atoms with Crippen molar-refractivity contribution in [2.45, 2.75) is 31.0 Å². The number of amides is 2. The topological polar surface area (TPSA) is 212 Å². The molecular formula is C27H29N5O8. The number of aliphatic imine (C=N–C) groups is 1. The number of carbonyl (C=O) groups is 4. The van der Waals surface area contributed by atoms with Gasteiger partial charge in [-0.25, -0.2) is 0 Å². The molecule has 2 unspecified atom stereocenters. The molecule has 2 amide bonds. The molecule has 1 fully saturated rings. The molecule has 0 radical (unpaired) electrons. The smallest absolute Gasteiger partial charge is 0.255 e. The Kier molecular flexibility index (Phi) is 6.66. The number of hydrogen-bond acceptors (Lipinski definition) is 11. The van der Waals surface area contributed by atoms with Crippen LogP contribution in [0.25, 0.3) is 0 Å². The van der Waals surface area contributed by atoms with E-state index in [9.17, 15) is 39.4 Å². The van der Waals surface area contributed by atoms with Crippen molar-refractivity contribution in [3.8, 4) is 0 Å². The van der Waals surface area contributed by atoms with Gasteiger partial charge in [0.1, 0.15) is 17.0 Å². The van der Waals surface area contributed by atoms with Crippen LogP contribution in [0.1, 0.15) is 19.3 Å². The molecule has 0 spiro atoms. The number of hydrogen-bond donors (Lipinski definition) is 5. The van der Waals surface area contributed by atoms with Crippen LogP contribution < -0.4 is 11.1 Å². The third-order valence-corrected chi connectivity index (χ3v) is 8.43. The van der Waals surface area contributed by atoms with Gasteiger partial charge >= 0.3 is 0 Å². The predicted molar refractivity (Wildman–Crippen MR) is 140 cm³/mol. The highest BCUT2D eigenvalue weighted by Crippen LogP contribution is 2.54. The van der Waals surface area contributed by atoms with Gasteiger partial charge in [-0.05, 0) is 47.2 Å². The summed E-state index contributed by atoms with van der Waals surface area (Å²) in [5, 5.41) is 38.9. The number of carbonyl (C=O) groups excluding carboxylic acids is 4. The van der Waals surface area contributed by atoms with E-state index in [4.69, 9.17) is 5.73 Å². The van der Waals surface area contributed by atoms with Crippen molar-refractivity contribution >= 4 is 29.6 Å². The van der Waals surface area contributed by atoms with Crippen LogP contribution in [0.5, 0.6) is 0 Å². The molecule has 1 aliphatic heterocycles. The number of likely N-dealkylation sites (N-methyl/N-ethyl adjacent to an activating group) is 1. The van der Waals surface area contributed by atoms with Gasteiger partial charge in [-0.2, -0.15) is 0 Å². The highest BCUT2D eigenvalue weighted by molar-refractivity contribution is 6.24. The Bertz CT molecular complexity index is 1450. The summed E-state index contributed by atoms with van der Waals surface area (Å²) < 4.78 is 0. The molecule has 0 aromatic carbocycles. The lowest BCUT2D eigenvalue weighted by atomic mass is 9.57. The Balaban J connectivity index is 1.55. The largest absolute Gasteiger partial charge is 0.511 e. The summed E-state index contributed by atoms with van der Waals surface area (Å²) in [6.45, 7) is 0.176. The number of rotatable bonds is 6. The van der Waals surface area contributed by atoms with Crippen LogP contribution in [0.2, 0.25) is 0 Å². The number of Topliss-reactive ketones (excluding diaryl/α,β-unsaturated/α-hetero) is 2. The number of nitrogens with two attached hydrogens (primary N) is 1. The van der Waals surface area contributed by atoms with Gasteiger partial charge in [0, 0.05) is 56.0 Å². The van der Waals surface area contributed by atoms with E-state index in [1.807, 2.05) is 0 Å². The van der Waals surface area contributed by atoms with E-state index in [1.165, 1.54) is 6.21 Å². The third kappa shape index (κ3) is 3.95. The Hall–Kier alpha value is -4.23. The van der Waals surface area contributed by atoms with Crippen molar-refractivity contribution < 1.29 is 34.5 Å². The van der Waals surface area contributed by atoms with E-state index in [0.717, 1.165) is 0 Å². The zero-order valence-corrected chi connectivity index (χ0v) is 21.9. The molecule has 5 rings (SSSR count). The maximum atomic E-state index is 14.1. The van der Waals surface area contributed by atoms with Gasteiger partial charge in [-0.3, -0.25) is 24.2 Å². The fourth-order valence-corrected chi connectivity index (χ4v) is 6.53. The van der Waals surface area contributed by atoms with E-state index >= 15 is 0 Å². The summed E-state index contributed by atoms with van der Waals surface area (Å²) in [6.07, 6.45) is 3.39. The molecule has 1 saturated carbocycles. The number of ketones is 2. The van der Waals surface area contributed by atoms with Crippen molar-refractivity contribution in [1.29, 1.82) is 0 Å². The first-order valence-corrected chi connectivity index (χ1v) is 12.8. The second kappa shape index (κ2) is 9.75. The van der Waals surface area contributed by atoms with Crippen LogP contribution in [-0.2, 0) is 19.2 Å². The Morgan fingerprint density at radius 1 is 1.27 bits per heavy atom. The van der Waals surface area contributed by atoms with Gasteiger partial charge in [0.25, 0.3) is 5.91 Å². The summed E-state index contributed by atoms with van der Waals surface area (Å²) in [5.74, 6) is -7.02. The van der Waals surface area contributed by atoms with Crippen LogP contribution in [0, 0.1) is 22.7 Å². The summed E-state index contributed by atoms with van der Waals surface area (Å²) >= 11 is 0. The number of aliphatic hydroxyl groups excluding tert-OH is 2. The third-order valence-electron chi connectivity index (χ3n) is 8.43. The molecule has 0 aromatic rings. The van der Waals surface area contributed by atoms with Crippen molar-refractivity contribution in [3.05, 3.63) is 62.1 Å². The first-order valence-electron chi connectivity index (χ1n) is 12.8. The minimum atomic E-state index is -2.63. The van der Waals surface area contributed by atoms with Crippen LogP contribution in [0.15, 0.2) is 67.3 Å². The van der Waals surface area contributed by atoms with E-state index in [2.05, 4.69) is 15.5 Å². The van der Waals surface area contributed by atoms with Gasteiger partial charge < -0.3 is 31.3 Å². The number of nitroso groups, excluding NO2 is 1. The van der Waals surface area contributed by atoms with Gasteiger partial charge in [0.2, 0.25) is 11.7 Å². The fraction of sp³-hybridized carbons (Fsp3) is 0.444. The van der Waals surface area contributed by atoms with Crippen LogP contribution in [-0.4, -0.2) is 88.7 Å². The van der Waals surface area contributed by atoms with Crippen molar-refractivity contribution in [2.24, 2.45) is 33.7 Å². The molecule has 6 N–H and O–H groups in total. The molecule has 5 atom stereocenters. The number of aliphatic hydroxyl groups is 3. The molecule has 1 heterocycles. The minimum absolute atomic E-state index is 0.0370. The van der Waals surface area contributed by atoms with Gasteiger partial charge in [-0.1, -0.05) is 0 Å². The second-order valence-corrected chi connectivity index (χ2v) is 10.8. The lowest BCUT2D eigenvalue weighted by Gasteiger charge is -2.48. The van der Waals surface area contributed by atoms with Gasteiger partial charge in [0.05, 0.1) is 18.6 Å². The standard InChI is InChI=1S/C27H29N5O8/c1-32(2)16-7-13(10-30-26(38)11-3-4-29-9-11)21(34)19-15(16)6-12-5-14-8-17(33)20(25(28)37)24(36)27(14,39)23(31-40)18(12)22(19)35/h3-4,7,12,14,19,21,33-34,39H,5-6,8-10H2,1-2H3,(H2,28,37)(H,30,38)/t12-,14+,19?,21?,27+/m1/s1. The van der Waals surface area contributed by atoms with Gasteiger partial charge in [0.15, 0.2) is 11.4 Å². The number of allylic oxidation sites excluding steroid dienone is 4. The first kappa shape index (κ1) is 27.3. The molecule has 40 heavy (non-hydrogen) atoms. The highest BCUT2D eigenvalue weighted by Gasteiger charge is 2.61. The number of nitrogens with one attached hydrogen (secondary N) is 1. The van der Waals surface area contributed by atoms with Crippen LogP contribution in [0.3, 0.4) is 0 Å². The zero-order chi connectivity index (χ0) is 29.1. The Morgan fingerprint density at radius 2 is 2.00 bits per heavy atom. The second-order valence-electron chi connectivity index (χ2n) is 10.8.